The zero-order valence-electron chi connectivity index (χ0n) is 12.0. The van der Waals surface area contributed by atoms with Crippen molar-refractivity contribution in [1.29, 1.82) is 0 Å². The molecule has 0 aliphatic carbocycles. The summed E-state index contributed by atoms with van der Waals surface area (Å²) in [4.78, 5) is 15.6. The van der Waals surface area contributed by atoms with Gasteiger partial charge in [0, 0.05) is 18.8 Å². The number of para-hydroxylation sites is 1. The summed E-state index contributed by atoms with van der Waals surface area (Å²) in [5.41, 5.74) is 0.972. The smallest absolute Gasteiger partial charge is 0.285 e. The average Bonchev–Trinajstić information content (AvgIpc) is 2.57. The molecule has 0 bridgehead atoms. The van der Waals surface area contributed by atoms with Crippen molar-refractivity contribution in [2.45, 2.75) is 6.54 Å². The highest BCUT2D eigenvalue weighted by Crippen LogP contribution is 2.20. The maximum atomic E-state index is 11.4. The second-order valence-corrected chi connectivity index (χ2v) is 5.08. The second-order valence-electron chi connectivity index (χ2n) is 4.70. The third kappa shape index (κ3) is 3.87. The van der Waals surface area contributed by atoms with Crippen LogP contribution >= 0.6 is 11.6 Å². The van der Waals surface area contributed by atoms with E-state index in [-0.39, 0.29) is 5.02 Å². The molecule has 0 spiro atoms. The summed E-state index contributed by atoms with van der Waals surface area (Å²) in [6, 6.07) is 13.1. The van der Waals surface area contributed by atoms with E-state index in [0.29, 0.717) is 23.9 Å². The van der Waals surface area contributed by atoms with Crippen LogP contribution in [0.2, 0.25) is 5.02 Å². The van der Waals surface area contributed by atoms with Gasteiger partial charge in [-0.1, -0.05) is 29.8 Å². The summed E-state index contributed by atoms with van der Waals surface area (Å²) in [7, 11) is 0. The molecule has 0 saturated heterocycles. The first kappa shape index (κ1) is 15.1. The fourth-order valence-electron chi connectivity index (χ4n) is 1.93. The van der Waals surface area contributed by atoms with Gasteiger partial charge in [-0.2, -0.15) is 5.10 Å². The molecule has 0 aliphatic heterocycles. The predicted octanol–water partition coefficient (Wildman–Crippen LogP) is 3.22. The van der Waals surface area contributed by atoms with Crippen molar-refractivity contribution in [3.63, 3.8) is 0 Å². The van der Waals surface area contributed by atoms with E-state index in [0.717, 1.165) is 5.56 Å². The fourth-order valence-corrected chi connectivity index (χ4v) is 2.09. The highest BCUT2D eigenvalue weighted by Gasteiger charge is 2.05. The van der Waals surface area contributed by atoms with Crippen LogP contribution in [-0.2, 0) is 6.54 Å². The Bertz CT molecular complexity index is 852. The van der Waals surface area contributed by atoms with Crippen LogP contribution in [-0.4, -0.2) is 15.2 Å². The number of nitrogens with one attached hydrogen (secondary N) is 2. The monoisotopic (exact) mass is 328 g/mol. The standard InChI is InChI=1S/C16H13ClN4O2/c17-15-13(10-20-21-16(15)22)19-9-11-6-7-18-14(8-11)23-12-4-2-1-3-5-12/h1-8,10H,9H2,(H2,19,21,22). The van der Waals surface area contributed by atoms with E-state index in [2.05, 4.69) is 20.5 Å². The first-order valence-corrected chi connectivity index (χ1v) is 7.25. The van der Waals surface area contributed by atoms with Gasteiger partial charge in [0.2, 0.25) is 5.88 Å². The highest BCUT2D eigenvalue weighted by molar-refractivity contribution is 6.32. The number of pyridine rings is 1. The average molecular weight is 329 g/mol. The lowest BCUT2D eigenvalue weighted by molar-refractivity contribution is 0.462. The SMILES string of the molecule is O=c1[nH]ncc(NCc2ccnc(Oc3ccccc3)c2)c1Cl. The van der Waals surface area contributed by atoms with E-state index >= 15 is 0 Å². The molecule has 0 aliphatic rings. The summed E-state index contributed by atoms with van der Waals surface area (Å²) in [6.45, 7) is 0.457. The summed E-state index contributed by atoms with van der Waals surface area (Å²) < 4.78 is 5.68. The molecular formula is C16H13ClN4O2. The molecule has 7 heteroatoms. The van der Waals surface area contributed by atoms with Gasteiger partial charge in [-0.15, -0.1) is 0 Å². The van der Waals surface area contributed by atoms with Gasteiger partial charge in [0.05, 0.1) is 11.9 Å². The minimum atomic E-state index is -0.431. The summed E-state index contributed by atoms with van der Waals surface area (Å²) in [5.74, 6) is 1.21. The third-order valence-corrected chi connectivity index (χ3v) is 3.42. The Hall–Kier alpha value is -2.86. The largest absolute Gasteiger partial charge is 0.439 e. The van der Waals surface area contributed by atoms with Gasteiger partial charge in [0.15, 0.2) is 0 Å². The van der Waals surface area contributed by atoms with Crippen LogP contribution in [0.15, 0.2) is 59.7 Å². The Morgan fingerprint density at radius 2 is 2.04 bits per heavy atom. The quantitative estimate of drug-likeness (QED) is 0.751. The van der Waals surface area contributed by atoms with E-state index in [4.69, 9.17) is 16.3 Å². The van der Waals surface area contributed by atoms with Crippen LogP contribution in [0.3, 0.4) is 0 Å². The number of hydrogen-bond donors (Lipinski definition) is 2. The van der Waals surface area contributed by atoms with Crippen LogP contribution in [0, 0.1) is 0 Å². The maximum Gasteiger partial charge on any atom is 0.285 e. The van der Waals surface area contributed by atoms with E-state index in [1.807, 2.05) is 42.5 Å². The molecule has 2 aromatic heterocycles. The lowest BCUT2D eigenvalue weighted by Gasteiger charge is -2.09. The molecule has 3 aromatic rings. The molecule has 1 aromatic carbocycles. The molecule has 0 fully saturated rings. The molecule has 2 heterocycles. The Kier molecular flexibility index (Phi) is 4.54. The molecule has 116 valence electrons. The Labute approximate surface area is 137 Å². The van der Waals surface area contributed by atoms with Crippen molar-refractivity contribution >= 4 is 17.3 Å². The topological polar surface area (TPSA) is 79.9 Å². The Morgan fingerprint density at radius 1 is 1.22 bits per heavy atom. The number of halogens is 1. The first-order valence-electron chi connectivity index (χ1n) is 6.87. The number of anilines is 1. The summed E-state index contributed by atoms with van der Waals surface area (Å²) in [6.07, 6.45) is 3.12. The number of rotatable bonds is 5. The molecule has 23 heavy (non-hydrogen) atoms. The van der Waals surface area contributed by atoms with E-state index in [1.165, 1.54) is 6.20 Å². The first-order chi connectivity index (χ1) is 11.2. The summed E-state index contributed by atoms with van der Waals surface area (Å²) in [5, 5.41) is 9.12. The van der Waals surface area contributed by atoms with E-state index in [1.54, 1.807) is 6.20 Å². The van der Waals surface area contributed by atoms with E-state index in [9.17, 15) is 4.79 Å². The Balaban J connectivity index is 1.70. The molecule has 0 atom stereocenters. The van der Waals surface area contributed by atoms with Gasteiger partial charge >= 0.3 is 0 Å². The molecule has 2 N–H and O–H groups in total. The van der Waals surface area contributed by atoms with Gasteiger partial charge in [0.25, 0.3) is 5.56 Å². The van der Waals surface area contributed by atoms with Crippen LogP contribution in [0.4, 0.5) is 5.69 Å². The zero-order valence-corrected chi connectivity index (χ0v) is 12.7. The van der Waals surface area contributed by atoms with Crippen molar-refractivity contribution in [1.82, 2.24) is 15.2 Å². The minimum absolute atomic E-state index is 0.0785. The van der Waals surface area contributed by atoms with Crippen LogP contribution in [0.1, 0.15) is 5.56 Å². The maximum absolute atomic E-state index is 11.4. The zero-order chi connectivity index (χ0) is 16.1. The second kappa shape index (κ2) is 6.93. The number of benzene rings is 1. The summed E-state index contributed by atoms with van der Waals surface area (Å²) >= 11 is 5.91. The lowest BCUT2D eigenvalue weighted by atomic mass is 10.2. The van der Waals surface area contributed by atoms with Crippen molar-refractivity contribution < 1.29 is 4.74 Å². The van der Waals surface area contributed by atoms with Crippen LogP contribution in [0.25, 0.3) is 0 Å². The van der Waals surface area contributed by atoms with Gasteiger partial charge in [-0.05, 0) is 23.8 Å². The van der Waals surface area contributed by atoms with Gasteiger partial charge in [-0.25, -0.2) is 10.1 Å². The minimum Gasteiger partial charge on any atom is -0.439 e. The van der Waals surface area contributed by atoms with Crippen molar-refractivity contribution in [2.24, 2.45) is 0 Å². The van der Waals surface area contributed by atoms with Gasteiger partial charge in [0.1, 0.15) is 10.8 Å². The molecule has 0 radical (unpaired) electrons. The van der Waals surface area contributed by atoms with Crippen LogP contribution < -0.4 is 15.6 Å². The third-order valence-electron chi connectivity index (χ3n) is 3.04. The van der Waals surface area contributed by atoms with Crippen molar-refractivity contribution in [2.75, 3.05) is 5.32 Å². The molecule has 0 saturated carbocycles. The van der Waals surface area contributed by atoms with Gasteiger partial charge < -0.3 is 10.1 Å². The van der Waals surface area contributed by atoms with Crippen LogP contribution in [0.5, 0.6) is 11.6 Å². The number of hydrogen-bond acceptors (Lipinski definition) is 5. The molecular weight excluding hydrogens is 316 g/mol. The molecule has 3 rings (SSSR count). The van der Waals surface area contributed by atoms with Gasteiger partial charge in [-0.3, -0.25) is 4.79 Å². The molecule has 0 amide bonds. The van der Waals surface area contributed by atoms with Crippen molar-refractivity contribution in [3.8, 4) is 11.6 Å². The number of H-pyrrole nitrogens is 1. The van der Waals surface area contributed by atoms with E-state index < -0.39 is 5.56 Å². The number of aromatic amines is 1. The van der Waals surface area contributed by atoms with Crippen molar-refractivity contribution in [3.05, 3.63) is 75.8 Å². The molecule has 0 unspecified atom stereocenters. The number of aromatic nitrogens is 3. The Morgan fingerprint density at radius 3 is 2.87 bits per heavy atom. The molecule has 6 nitrogen and oxygen atoms in total. The normalized spacial score (nSPS) is 10.3. The fraction of sp³-hybridized carbons (Fsp3) is 0.0625. The highest BCUT2D eigenvalue weighted by atomic mass is 35.5. The lowest BCUT2D eigenvalue weighted by Crippen LogP contribution is -2.11. The number of nitrogens with zero attached hydrogens (tertiary/aromatic N) is 2. The predicted molar refractivity (Wildman–Crippen MR) is 87.9 cm³/mol. The number of ether oxygens (including phenoxy) is 1.